The Morgan fingerprint density at radius 3 is 2.60 bits per heavy atom. The number of nitrogens with zero attached hydrogens (tertiary/aromatic N) is 1. The van der Waals surface area contributed by atoms with Crippen molar-refractivity contribution in [1.29, 1.82) is 0 Å². The molecule has 1 atom stereocenters. The molecule has 1 aliphatic rings. The molecule has 1 saturated heterocycles. The summed E-state index contributed by atoms with van der Waals surface area (Å²) in [6.45, 7) is 4.45. The summed E-state index contributed by atoms with van der Waals surface area (Å²) in [5.41, 5.74) is 0.822. The van der Waals surface area contributed by atoms with E-state index >= 15 is 0 Å². The number of hydrogen-bond acceptors (Lipinski definition) is 6. The first-order valence-corrected chi connectivity index (χ1v) is 9.41. The van der Waals surface area contributed by atoms with Crippen molar-refractivity contribution in [2.75, 3.05) is 6.61 Å². The number of carboxylic acids is 1. The van der Waals surface area contributed by atoms with Gasteiger partial charge in [0.25, 0.3) is 5.91 Å². The highest BCUT2D eigenvalue weighted by molar-refractivity contribution is 8.26. The average molecular weight is 378 g/mol. The highest BCUT2D eigenvalue weighted by atomic mass is 32.2. The summed E-state index contributed by atoms with van der Waals surface area (Å²) in [6, 6.07) is 6.30. The normalized spacial score (nSPS) is 17.2. The molecule has 0 aromatic heterocycles. The lowest BCUT2D eigenvalue weighted by atomic mass is 10.1. The summed E-state index contributed by atoms with van der Waals surface area (Å²) < 4.78 is 5.64. The largest absolute Gasteiger partial charge is 0.548 e. The molecule has 134 valence electrons. The minimum atomic E-state index is -1.27. The van der Waals surface area contributed by atoms with Gasteiger partial charge in [0, 0.05) is 0 Å². The highest BCUT2D eigenvalue weighted by Crippen LogP contribution is 2.35. The number of thiocarbonyl (C=S) groups is 1. The average Bonchev–Trinajstić information content (AvgIpc) is 2.84. The molecule has 1 heterocycles. The molecule has 1 fully saturated rings. The van der Waals surface area contributed by atoms with E-state index in [0.29, 0.717) is 24.4 Å². The fourth-order valence-electron chi connectivity index (χ4n) is 2.48. The zero-order chi connectivity index (χ0) is 18.4. The zero-order valence-corrected chi connectivity index (χ0v) is 15.8. The zero-order valence-electron chi connectivity index (χ0n) is 14.2. The van der Waals surface area contributed by atoms with E-state index in [4.69, 9.17) is 17.0 Å². The van der Waals surface area contributed by atoms with Gasteiger partial charge in [-0.15, -0.1) is 0 Å². The molecule has 0 saturated carbocycles. The second kappa shape index (κ2) is 9.01. The van der Waals surface area contributed by atoms with E-state index in [2.05, 4.69) is 0 Å². The van der Waals surface area contributed by atoms with Crippen molar-refractivity contribution < 1.29 is 19.4 Å². The summed E-state index contributed by atoms with van der Waals surface area (Å²) in [5, 5.41) is 11.4. The van der Waals surface area contributed by atoms with Crippen LogP contribution >= 0.6 is 24.0 Å². The van der Waals surface area contributed by atoms with Gasteiger partial charge in [0.2, 0.25) is 0 Å². The number of rotatable bonds is 8. The van der Waals surface area contributed by atoms with Gasteiger partial charge >= 0.3 is 0 Å². The van der Waals surface area contributed by atoms with Crippen LogP contribution in [0.15, 0.2) is 29.2 Å². The maximum atomic E-state index is 12.6. The molecule has 7 heteroatoms. The molecule has 1 aliphatic heterocycles. The lowest BCUT2D eigenvalue weighted by Crippen LogP contribution is -2.49. The number of hydrogen-bond donors (Lipinski definition) is 0. The Hall–Kier alpha value is -1.86. The van der Waals surface area contributed by atoms with Crippen molar-refractivity contribution >= 4 is 46.3 Å². The molecule has 0 unspecified atom stereocenters. The van der Waals surface area contributed by atoms with E-state index in [9.17, 15) is 14.7 Å². The molecule has 1 aromatic rings. The van der Waals surface area contributed by atoms with E-state index in [-0.39, 0.29) is 10.2 Å². The third kappa shape index (κ3) is 4.83. The second-order valence-corrected chi connectivity index (χ2v) is 7.21. The first kappa shape index (κ1) is 19.5. The minimum Gasteiger partial charge on any atom is -0.548 e. The number of benzene rings is 1. The van der Waals surface area contributed by atoms with Gasteiger partial charge in [0.05, 0.1) is 23.5 Å². The number of carbonyl (C=O) groups is 2. The monoisotopic (exact) mass is 378 g/mol. The van der Waals surface area contributed by atoms with Crippen LogP contribution < -0.4 is 9.84 Å². The molecule has 5 nitrogen and oxygen atoms in total. The van der Waals surface area contributed by atoms with Crippen molar-refractivity contribution in [2.45, 2.75) is 39.2 Å². The number of amides is 1. The number of ether oxygens (including phenoxy) is 1. The van der Waals surface area contributed by atoms with Crippen molar-refractivity contribution in [3.8, 4) is 5.75 Å². The van der Waals surface area contributed by atoms with Gasteiger partial charge in [-0.25, -0.2) is 0 Å². The van der Waals surface area contributed by atoms with Gasteiger partial charge in [-0.1, -0.05) is 55.9 Å². The van der Waals surface area contributed by atoms with Crippen LogP contribution in [0.5, 0.6) is 5.75 Å². The number of aliphatic carboxylic acids is 1. The Balaban J connectivity index is 2.20. The summed E-state index contributed by atoms with van der Waals surface area (Å²) in [7, 11) is 0. The van der Waals surface area contributed by atoms with Crippen LogP contribution in [-0.2, 0) is 9.59 Å². The van der Waals surface area contributed by atoms with Crippen molar-refractivity contribution in [1.82, 2.24) is 4.90 Å². The van der Waals surface area contributed by atoms with Crippen LogP contribution in [0, 0.1) is 0 Å². The molecular weight excluding hydrogens is 358 g/mol. The van der Waals surface area contributed by atoms with Gasteiger partial charge in [0.1, 0.15) is 10.1 Å². The summed E-state index contributed by atoms with van der Waals surface area (Å²) >= 11 is 6.34. The SMILES string of the molecule is CCCC[C@H](C(=O)[O-])N1C(=O)/C(=C/c2ccc(OCC)cc2)SC1=S. The van der Waals surface area contributed by atoms with E-state index in [1.165, 1.54) is 4.90 Å². The summed E-state index contributed by atoms with van der Waals surface area (Å²) in [6.07, 6.45) is 3.57. The van der Waals surface area contributed by atoms with Crippen LogP contribution in [0.1, 0.15) is 38.7 Å². The van der Waals surface area contributed by atoms with Crippen LogP contribution in [0.25, 0.3) is 6.08 Å². The van der Waals surface area contributed by atoms with E-state index in [1.807, 2.05) is 38.1 Å². The smallest absolute Gasteiger partial charge is 0.266 e. The van der Waals surface area contributed by atoms with Crippen LogP contribution in [0.3, 0.4) is 0 Å². The summed E-state index contributed by atoms with van der Waals surface area (Å²) in [5.74, 6) is -0.898. The quantitative estimate of drug-likeness (QED) is 0.512. The molecule has 0 aliphatic carbocycles. The third-order valence-electron chi connectivity index (χ3n) is 3.73. The van der Waals surface area contributed by atoms with Crippen LogP contribution in [0.4, 0.5) is 0 Å². The first-order chi connectivity index (χ1) is 12.0. The second-order valence-electron chi connectivity index (χ2n) is 5.53. The lowest BCUT2D eigenvalue weighted by molar-refractivity contribution is -0.310. The third-order valence-corrected chi connectivity index (χ3v) is 5.06. The Morgan fingerprint density at radius 1 is 1.36 bits per heavy atom. The Morgan fingerprint density at radius 2 is 2.04 bits per heavy atom. The predicted octanol–water partition coefficient (Wildman–Crippen LogP) is 2.60. The topological polar surface area (TPSA) is 69.7 Å². The highest BCUT2D eigenvalue weighted by Gasteiger charge is 2.37. The fourth-order valence-corrected chi connectivity index (χ4v) is 3.83. The Bertz CT molecular complexity index is 685. The van der Waals surface area contributed by atoms with Crippen molar-refractivity contribution in [3.63, 3.8) is 0 Å². The summed E-state index contributed by atoms with van der Waals surface area (Å²) in [4.78, 5) is 25.7. The van der Waals surface area contributed by atoms with E-state index < -0.39 is 12.0 Å². The van der Waals surface area contributed by atoms with Gasteiger partial charge < -0.3 is 14.6 Å². The minimum absolute atomic E-state index is 0.257. The maximum absolute atomic E-state index is 12.6. The molecule has 25 heavy (non-hydrogen) atoms. The van der Waals surface area contributed by atoms with Gasteiger partial charge in [0.15, 0.2) is 0 Å². The number of thioether (sulfide) groups is 1. The van der Waals surface area contributed by atoms with Crippen molar-refractivity contribution in [2.24, 2.45) is 0 Å². The molecule has 1 amide bonds. The lowest BCUT2D eigenvalue weighted by Gasteiger charge is -2.27. The molecule has 0 radical (unpaired) electrons. The predicted molar refractivity (Wildman–Crippen MR) is 101 cm³/mol. The number of unbranched alkanes of at least 4 members (excludes halogenated alkanes) is 1. The first-order valence-electron chi connectivity index (χ1n) is 8.18. The van der Waals surface area contributed by atoms with Gasteiger partial charge in [-0.2, -0.15) is 0 Å². The Kier molecular flexibility index (Phi) is 7.01. The maximum Gasteiger partial charge on any atom is 0.266 e. The molecular formula is C18H20NO4S2-. The van der Waals surface area contributed by atoms with Gasteiger partial charge in [-0.05, 0) is 37.1 Å². The molecule has 1 aromatic carbocycles. The van der Waals surface area contributed by atoms with E-state index in [0.717, 1.165) is 29.5 Å². The molecule has 0 spiro atoms. The number of carboxylic acid groups (broad SMARTS) is 1. The fraction of sp³-hybridized carbons (Fsp3) is 0.389. The standard InChI is InChI=1S/C18H21NO4S2/c1-3-5-6-14(17(21)22)19-16(20)15(25-18(19)24)11-12-7-9-13(10-8-12)23-4-2/h7-11,14H,3-6H2,1-2H3,(H,21,22)/p-1/b15-11-/t14-/m1/s1. The van der Waals surface area contributed by atoms with Crippen LogP contribution in [-0.4, -0.2) is 33.7 Å². The Labute approximate surface area is 157 Å². The molecule has 0 N–H and O–H groups in total. The van der Waals surface area contributed by atoms with Gasteiger partial charge in [-0.3, -0.25) is 9.69 Å². The van der Waals surface area contributed by atoms with Crippen LogP contribution in [0.2, 0.25) is 0 Å². The molecule has 0 bridgehead atoms. The number of carbonyl (C=O) groups excluding carboxylic acids is 2. The van der Waals surface area contributed by atoms with Crippen molar-refractivity contribution in [3.05, 3.63) is 34.7 Å². The van der Waals surface area contributed by atoms with E-state index in [1.54, 1.807) is 6.08 Å². The molecule has 2 rings (SSSR count).